The number of hydrogen-bond donors (Lipinski definition) is 3. The van der Waals surface area contributed by atoms with E-state index >= 15 is 0 Å². The van der Waals surface area contributed by atoms with Crippen LogP contribution in [0.3, 0.4) is 0 Å². The number of anilines is 1. The highest BCUT2D eigenvalue weighted by atomic mass is 16.6. The van der Waals surface area contributed by atoms with E-state index in [2.05, 4.69) is 10.6 Å². The molecule has 0 aliphatic carbocycles. The molecule has 28 heavy (non-hydrogen) atoms. The third kappa shape index (κ3) is 7.56. The predicted molar refractivity (Wildman–Crippen MR) is 109 cm³/mol. The van der Waals surface area contributed by atoms with Crippen molar-refractivity contribution in [3.05, 3.63) is 29.8 Å². The van der Waals surface area contributed by atoms with Crippen LogP contribution in [0.25, 0.3) is 0 Å². The molecule has 3 amide bonds. The zero-order valence-corrected chi connectivity index (χ0v) is 17.5. The molecule has 1 aromatic carbocycles. The highest BCUT2D eigenvalue weighted by molar-refractivity contribution is 5.97. The molecule has 0 aliphatic rings. The molecule has 0 saturated heterocycles. The van der Waals surface area contributed by atoms with Crippen LogP contribution in [-0.4, -0.2) is 54.1 Å². The summed E-state index contributed by atoms with van der Waals surface area (Å²) < 4.78 is 5.25. The largest absolute Gasteiger partial charge is 0.444 e. The maximum Gasteiger partial charge on any atom is 0.410 e. The quantitative estimate of drug-likeness (QED) is 0.656. The number of carbonyl (C=O) groups is 3. The Morgan fingerprint density at radius 3 is 2.39 bits per heavy atom. The maximum atomic E-state index is 12.4. The number of hydrogen-bond acceptors (Lipinski definition) is 5. The van der Waals surface area contributed by atoms with Crippen LogP contribution in [0.2, 0.25) is 0 Å². The van der Waals surface area contributed by atoms with E-state index in [4.69, 9.17) is 10.5 Å². The molecule has 0 heterocycles. The van der Waals surface area contributed by atoms with Crippen LogP contribution in [0.15, 0.2) is 24.3 Å². The standard InChI is InChI=1S/C20H32N4O4/c1-13(17(25)23-16-9-7-8-15(12-16)10-11-21)22-18(26)14(2)24(6)19(27)28-20(3,4)5/h7-9,12-14H,10-11,21H2,1-6H3,(H,22,26)(H,23,25)/t13-,14-/m0/s1. The number of amides is 3. The molecule has 4 N–H and O–H groups in total. The molecule has 0 radical (unpaired) electrons. The molecule has 156 valence electrons. The minimum atomic E-state index is -0.794. The topological polar surface area (TPSA) is 114 Å². The number of benzene rings is 1. The lowest BCUT2D eigenvalue weighted by molar-refractivity contribution is -0.129. The number of carbonyl (C=O) groups excluding carboxylic acids is 3. The molecule has 1 aromatic rings. The van der Waals surface area contributed by atoms with Crippen LogP contribution >= 0.6 is 0 Å². The first-order chi connectivity index (χ1) is 12.9. The Kier molecular flexibility index (Phi) is 8.43. The van der Waals surface area contributed by atoms with E-state index in [9.17, 15) is 14.4 Å². The van der Waals surface area contributed by atoms with Crippen molar-refractivity contribution >= 4 is 23.6 Å². The summed E-state index contributed by atoms with van der Waals surface area (Å²) in [6, 6.07) is 5.81. The number of ether oxygens (including phenoxy) is 1. The van der Waals surface area contributed by atoms with Crippen LogP contribution in [0.1, 0.15) is 40.2 Å². The van der Waals surface area contributed by atoms with Gasteiger partial charge in [-0.25, -0.2) is 4.79 Å². The van der Waals surface area contributed by atoms with E-state index < -0.39 is 29.7 Å². The highest BCUT2D eigenvalue weighted by Crippen LogP contribution is 2.12. The summed E-state index contributed by atoms with van der Waals surface area (Å²) >= 11 is 0. The van der Waals surface area contributed by atoms with Crippen molar-refractivity contribution in [3.63, 3.8) is 0 Å². The van der Waals surface area contributed by atoms with Gasteiger partial charge in [0.25, 0.3) is 0 Å². The first-order valence-corrected chi connectivity index (χ1v) is 9.30. The molecule has 8 heteroatoms. The maximum absolute atomic E-state index is 12.4. The smallest absolute Gasteiger partial charge is 0.410 e. The predicted octanol–water partition coefficient (Wildman–Crippen LogP) is 1.89. The average molecular weight is 393 g/mol. The molecule has 0 fully saturated rings. The van der Waals surface area contributed by atoms with Crippen LogP contribution in [0.4, 0.5) is 10.5 Å². The molecular formula is C20H32N4O4. The molecule has 0 saturated carbocycles. The van der Waals surface area contributed by atoms with E-state index in [1.54, 1.807) is 40.7 Å². The van der Waals surface area contributed by atoms with E-state index in [-0.39, 0.29) is 5.91 Å². The Bertz CT molecular complexity index is 700. The Morgan fingerprint density at radius 1 is 1.18 bits per heavy atom. The van der Waals surface area contributed by atoms with Crippen LogP contribution in [0, 0.1) is 0 Å². The van der Waals surface area contributed by atoms with Crippen molar-refractivity contribution in [1.29, 1.82) is 0 Å². The second-order valence-corrected chi connectivity index (χ2v) is 7.73. The summed E-state index contributed by atoms with van der Waals surface area (Å²) in [5, 5.41) is 5.39. The Labute approximate surface area is 166 Å². The molecule has 0 bridgehead atoms. The van der Waals surface area contributed by atoms with E-state index in [0.29, 0.717) is 18.7 Å². The Morgan fingerprint density at radius 2 is 1.82 bits per heavy atom. The van der Waals surface area contributed by atoms with Crippen LogP contribution < -0.4 is 16.4 Å². The van der Waals surface area contributed by atoms with E-state index in [0.717, 1.165) is 5.56 Å². The molecule has 0 spiro atoms. The minimum absolute atomic E-state index is 0.356. The van der Waals surface area contributed by atoms with Crippen molar-refractivity contribution < 1.29 is 19.1 Å². The molecular weight excluding hydrogens is 360 g/mol. The van der Waals surface area contributed by atoms with Crippen molar-refractivity contribution in [2.45, 2.75) is 58.7 Å². The summed E-state index contributed by atoms with van der Waals surface area (Å²) in [6.45, 7) is 8.92. The Hall–Kier alpha value is -2.61. The van der Waals surface area contributed by atoms with Crippen molar-refractivity contribution in [2.24, 2.45) is 5.73 Å². The van der Waals surface area contributed by atoms with Crippen molar-refractivity contribution in [2.75, 3.05) is 18.9 Å². The second-order valence-electron chi connectivity index (χ2n) is 7.73. The summed E-state index contributed by atoms with van der Waals surface area (Å²) in [6.07, 6.45) is 0.105. The number of nitrogens with zero attached hydrogens (tertiary/aromatic N) is 1. The van der Waals surface area contributed by atoms with E-state index in [1.165, 1.54) is 11.9 Å². The first kappa shape index (κ1) is 23.4. The zero-order valence-electron chi connectivity index (χ0n) is 17.5. The van der Waals surface area contributed by atoms with E-state index in [1.807, 2.05) is 18.2 Å². The monoisotopic (exact) mass is 392 g/mol. The van der Waals surface area contributed by atoms with Gasteiger partial charge < -0.3 is 21.1 Å². The van der Waals surface area contributed by atoms with Gasteiger partial charge in [-0.1, -0.05) is 12.1 Å². The fourth-order valence-electron chi connectivity index (χ4n) is 2.29. The van der Waals surface area contributed by atoms with Gasteiger partial charge in [0.1, 0.15) is 17.7 Å². The number of nitrogens with two attached hydrogens (primary N) is 1. The van der Waals surface area contributed by atoms with Crippen LogP contribution in [-0.2, 0) is 20.7 Å². The fourth-order valence-corrected chi connectivity index (χ4v) is 2.29. The first-order valence-electron chi connectivity index (χ1n) is 9.30. The van der Waals surface area contributed by atoms with Crippen LogP contribution in [0.5, 0.6) is 0 Å². The third-order valence-electron chi connectivity index (χ3n) is 4.02. The summed E-state index contributed by atoms with van der Waals surface area (Å²) in [4.78, 5) is 38.1. The average Bonchev–Trinajstić information content (AvgIpc) is 2.59. The lowest BCUT2D eigenvalue weighted by Gasteiger charge is -2.28. The lowest BCUT2D eigenvalue weighted by atomic mass is 10.1. The van der Waals surface area contributed by atoms with Gasteiger partial charge in [0.05, 0.1) is 0 Å². The number of rotatable bonds is 7. The second kappa shape index (κ2) is 10.1. The van der Waals surface area contributed by atoms with Gasteiger partial charge in [-0.2, -0.15) is 0 Å². The molecule has 0 aliphatic heterocycles. The van der Waals surface area contributed by atoms with Gasteiger partial charge >= 0.3 is 6.09 Å². The molecule has 1 rings (SSSR count). The minimum Gasteiger partial charge on any atom is -0.444 e. The molecule has 0 unspecified atom stereocenters. The van der Waals surface area contributed by atoms with Gasteiger partial charge in [0.15, 0.2) is 0 Å². The molecule has 8 nitrogen and oxygen atoms in total. The van der Waals surface area contributed by atoms with Crippen molar-refractivity contribution in [3.8, 4) is 0 Å². The normalized spacial score (nSPS) is 13.2. The summed E-state index contributed by atoms with van der Waals surface area (Å²) in [7, 11) is 1.48. The highest BCUT2D eigenvalue weighted by Gasteiger charge is 2.28. The third-order valence-corrected chi connectivity index (χ3v) is 4.02. The molecule has 0 aromatic heterocycles. The SMILES string of the molecule is C[C@H](NC(=O)[C@H](C)N(C)C(=O)OC(C)(C)C)C(=O)Nc1cccc(CCN)c1. The number of likely N-dealkylation sites (N-methyl/N-ethyl adjacent to an activating group) is 1. The van der Waals surface area contributed by atoms with Gasteiger partial charge in [-0.3, -0.25) is 14.5 Å². The number of nitrogens with one attached hydrogen (secondary N) is 2. The van der Waals surface area contributed by atoms with Gasteiger partial charge in [0.2, 0.25) is 11.8 Å². The summed E-state index contributed by atoms with van der Waals surface area (Å²) in [5.41, 5.74) is 6.54. The lowest BCUT2D eigenvalue weighted by Crippen LogP contribution is -2.51. The zero-order chi connectivity index (χ0) is 21.5. The van der Waals surface area contributed by atoms with Gasteiger partial charge in [-0.05, 0) is 65.3 Å². The Balaban J connectivity index is 2.64. The van der Waals surface area contributed by atoms with Gasteiger partial charge in [0, 0.05) is 12.7 Å². The summed E-state index contributed by atoms with van der Waals surface area (Å²) in [5.74, 6) is -0.807. The molecule has 2 atom stereocenters. The van der Waals surface area contributed by atoms with Crippen molar-refractivity contribution in [1.82, 2.24) is 10.2 Å². The van der Waals surface area contributed by atoms with Gasteiger partial charge in [-0.15, -0.1) is 0 Å². The fraction of sp³-hybridized carbons (Fsp3) is 0.550.